The van der Waals surface area contributed by atoms with Gasteiger partial charge in [-0.1, -0.05) is 0 Å². The van der Waals surface area contributed by atoms with Gasteiger partial charge >= 0.3 is 0 Å². The number of halogens is 2. The topological polar surface area (TPSA) is 106 Å². The first-order valence-corrected chi connectivity index (χ1v) is 9.38. The van der Waals surface area contributed by atoms with Crippen LogP contribution in [0.15, 0.2) is 17.0 Å². The Balaban J connectivity index is 2.29. The van der Waals surface area contributed by atoms with Crippen molar-refractivity contribution in [1.29, 1.82) is 0 Å². The first kappa shape index (κ1) is 16.1. The Bertz CT molecular complexity index is 763. The Morgan fingerprint density at radius 1 is 1.24 bits per heavy atom. The number of sulfone groups is 1. The van der Waals surface area contributed by atoms with Crippen molar-refractivity contribution in [3.8, 4) is 0 Å². The monoisotopic (exact) mass is 340 g/mol. The summed E-state index contributed by atoms with van der Waals surface area (Å²) in [5.74, 6) is -2.69. The number of anilines is 1. The number of nitrogens with one attached hydrogen (secondary N) is 1. The van der Waals surface area contributed by atoms with Gasteiger partial charge in [-0.3, -0.25) is 0 Å². The van der Waals surface area contributed by atoms with Gasteiger partial charge in [0.1, 0.15) is 16.5 Å². The van der Waals surface area contributed by atoms with E-state index in [1.165, 1.54) is 0 Å². The number of rotatable bonds is 3. The number of nitrogens with two attached hydrogens (primary N) is 1. The van der Waals surface area contributed by atoms with E-state index in [2.05, 4.69) is 4.72 Å². The van der Waals surface area contributed by atoms with E-state index in [4.69, 9.17) is 5.73 Å². The molecule has 1 aliphatic rings. The Morgan fingerprint density at radius 3 is 2.52 bits per heavy atom. The van der Waals surface area contributed by atoms with Crippen LogP contribution < -0.4 is 10.5 Å². The lowest BCUT2D eigenvalue weighted by molar-refractivity contribution is 0.510. The van der Waals surface area contributed by atoms with Gasteiger partial charge in [0.05, 0.1) is 17.2 Å². The molecule has 1 aromatic carbocycles. The summed E-state index contributed by atoms with van der Waals surface area (Å²) < 4.78 is 75.9. The second-order valence-corrected chi connectivity index (χ2v) is 8.79. The molecule has 1 aliphatic heterocycles. The molecular formula is C11H14F2N2O4S2. The molecule has 10 heteroatoms. The molecule has 3 N–H and O–H groups in total. The van der Waals surface area contributed by atoms with Crippen LogP contribution in [0.25, 0.3) is 0 Å². The Labute approximate surface area is 121 Å². The number of hydrogen-bond acceptors (Lipinski definition) is 5. The van der Waals surface area contributed by atoms with E-state index in [1.807, 2.05) is 0 Å². The number of hydrogen-bond donors (Lipinski definition) is 2. The summed E-state index contributed by atoms with van der Waals surface area (Å²) in [6, 6.07) is 0.214. The lowest BCUT2D eigenvalue weighted by atomic mass is 10.2. The van der Waals surface area contributed by atoms with Gasteiger partial charge in [-0.25, -0.2) is 30.3 Å². The molecule has 0 bridgehead atoms. The van der Waals surface area contributed by atoms with Crippen molar-refractivity contribution >= 4 is 25.5 Å². The average molecular weight is 340 g/mol. The average Bonchev–Trinajstić information content (AvgIpc) is 2.31. The standard InChI is InChI=1S/C11H14F2N2O4S2/c12-8-4-9(13)11(5-10(8)14)21(18,19)15-7-2-1-3-20(16,17)6-7/h4-5,7,15H,1-3,6,14H2. The fourth-order valence-electron chi connectivity index (χ4n) is 2.15. The van der Waals surface area contributed by atoms with E-state index in [-0.39, 0.29) is 11.5 Å². The van der Waals surface area contributed by atoms with E-state index < -0.39 is 48.1 Å². The highest BCUT2D eigenvalue weighted by Gasteiger charge is 2.30. The maximum atomic E-state index is 13.6. The van der Waals surface area contributed by atoms with Crippen molar-refractivity contribution < 1.29 is 25.6 Å². The van der Waals surface area contributed by atoms with Gasteiger partial charge in [-0.2, -0.15) is 0 Å². The minimum Gasteiger partial charge on any atom is -0.396 e. The van der Waals surface area contributed by atoms with Gasteiger partial charge in [-0.05, 0) is 18.9 Å². The van der Waals surface area contributed by atoms with Gasteiger partial charge in [0.2, 0.25) is 10.0 Å². The van der Waals surface area contributed by atoms with Crippen LogP contribution in [0.3, 0.4) is 0 Å². The maximum absolute atomic E-state index is 13.6. The lowest BCUT2D eigenvalue weighted by Gasteiger charge is -2.23. The third-order valence-electron chi connectivity index (χ3n) is 3.13. The van der Waals surface area contributed by atoms with E-state index in [9.17, 15) is 25.6 Å². The molecule has 0 radical (unpaired) electrons. The van der Waals surface area contributed by atoms with Gasteiger partial charge in [0.15, 0.2) is 9.84 Å². The molecule has 1 unspecified atom stereocenters. The molecule has 6 nitrogen and oxygen atoms in total. The molecule has 0 spiro atoms. The Morgan fingerprint density at radius 2 is 1.90 bits per heavy atom. The van der Waals surface area contributed by atoms with Crippen molar-refractivity contribution in [2.75, 3.05) is 17.2 Å². The van der Waals surface area contributed by atoms with E-state index in [1.54, 1.807) is 0 Å². The molecule has 0 aliphatic carbocycles. The van der Waals surface area contributed by atoms with E-state index in [0.29, 0.717) is 25.0 Å². The number of benzene rings is 1. The van der Waals surface area contributed by atoms with Gasteiger partial charge in [0, 0.05) is 12.1 Å². The number of nitrogen functional groups attached to an aromatic ring is 1. The summed E-state index contributed by atoms with van der Waals surface area (Å²) in [4.78, 5) is -0.802. The van der Waals surface area contributed by atoms with Crippen molar-refractivity contribution in [3.63, 3.8) is 0 Å². The Kier molecular flexibility index (Phi) is 4.22. The van der Waals surface area contributed by atoms with Crippen LogP contribution in [0.1, 0.15) is 12.8 Å². The normalized spacial score (nSPS) is 22.1. The third kappa shape index (κ3) is 3.69. The molecule has 0 saturated carbocycles. The van der Waals surface area contributed by atoms with E-state index in [0.717, 1.165) is 0 Å². The van der Waals surface area contributed by atoms with Crippen LogP contribution in [0.5, 0.6) is 0 Å². The van der Waals surface area contributed by atoms with Gasteiger partial charge < -0.3 is 5.73 Å². The van der Waals surface area contributed by atoms with Crippen molar-refractivity contribution in [3.05, 3.63) is 23.8 Å². The minimum atomic E-state index is -4.32. The highest BCUT2D eigenvalue weighted by atomic mass is 32.2. The summed E-state index contributed by atoms with van der Waals surface area (Å²) in [7, 11) is -7.63. The van der Waals surface area contributed by atoms with Crippen LogP contribution in [-0.4, -0.2) is 34.4 Å². The minimum absolute atomic E-state index is 0.00306. The van der Waals surface area contributed by atoms with Crippen LogP contribution >= 0.6 is 0 Å². The maximum Gasteiger partial charge on any atom is 0.243 e. The van der Waals surface area contributed by atoms with Gasteiger partial charge in [-0.15, -0.1) is 0 Å². The smallest absolute Gasteiger partial charge is 0.243 e. The first-order valence-electron chi connectivity index (χ1n) is 6.08. The third-order valence-corrected chi connectivity index (χ3v) is 6.48. The zero-order valence-corrected chi connectivity index (χ0v) is 12.5. The molecule has 118 valence electrons. The van der Waals surface area contributed by atoms with Crippen LogP contribution in [0, 0.1) is 11.6 Å². The molecular weight excluding hydrogens is 326 g/mol. The summed E-state index contributed by atoms with van der Waals surface area (Å²) >= 11 is 0. The SMILES string of the molecule is Nc1cc(S(=O)(=O)NC2CCCS(=O)(=O)C2)c(F)cc1F. The summed E-state index contributed by atoms with van der Waals surface area (Å²) in [6.07, 6.45) is 0.653. The van der Waals surface area contributed by atoms with Crippen LogP contribution in [0.4, 0.5) is 14.5 Å². The van der Waals surface area contributed by atoms with Crippen molar-refractivity contribution in [2.45, 2.75) is 23.8 Å². The quantitative estimate of drug-likeness (QED) is 0.775. The molecule has 1 fully saturated rings. The second kappa shape index (κ2) is 5.50. The number of sulfonamides is 1. The fraction of sp³-hybridized carbons (Fsp3) is 0.455. The molecule has 1 heterocycles. The fourth-order valence-corrected chi connectivity index (χ4v) is 5.26. The van der Waals surface area contributed by atoms with Crippen molar-refractivity contribution in [1.82, 2.24) is 4.72 Å². The summed E-state index contributed by atoms with van der Waals surface area (Å²) in [5.41, 5.74) is 4.73. The first-order chi connectivity index (χ1) is 9.61. The molecule has 1 atom stereocenters. The van der Waals surface area contributed by atoms with Crippen molar-refractivity contribution in [2.24, 2.45) is 0 Å². The molecule has 2 rings (SSSR count). The summed E-state index contributed by atoms with van der Waals surface area (Å²) in [5, 5.41) is 0. The summed E-state index contributed by atoms with van der Waals surface area (Å²) in [6.45, 7) is 0. The van der Waals surface area contributed by atoms with Gasteiger partial charge in [0.25, 0.3) is 0 Å². The highest BCUT2D eigenvalue weighted by Crippen LogP contribution is 2.22. The lowest BCUT2D eigenvalue weighted by Crippen LogP contribution is -2.43. The zero-order valence-electron chi connectivity index (χ0n) is 10.8. The molecule has 0 aromatic heterocycles. The second-order valence-electron chi connectivity index (χ2n) is 4.88. The predicted molar refractivity (Wildman–Crippen MR) is 72.8 cm³/mol. The van der Waals surface area contributed by atoms with E-state index >= 15 is 0 Å². The zero-order chi connectivity index (χ0) is 15.8. The largest absolute Gasteiger partial charge is 0.396 e. The predicted octanol–water partition coefficient (Wildman–Crippen LogP) is 0.402. The molecule has 1 saturated heterocycles. The van der Waals surface area contributed by atoms with Crippen LogP contribution in [-0.2, 0) is 19.9 Å². The highest BCUT2D eigenvalue weighted by molar-refractivity contribution is 7.91. The molecule has 0 amide bonds. The van der Waals surface area contributed by atoms with Crippen LogP contribution in [0.2, 0.25) is 0 Å². The molecule has 21 heavy (non-hydrogen) atoms. The molecule has 1 aromatic rings. The Hall–Kier alpha value is -1.26.